The minimum absolute atomic E-state index is 0.281. The zero-order valence-corrected chi connectivity index (χ0v) is 12.5. The average molecular weight is 301 g/mol. The van der Waals surface area contributed by atoms with Gasteiger partial charge in [0, 0.05) is 23.6 Å². The van der Waals surface area contributed by atoms with E-state index in [0.29, 0.717) is 12.0 Å². The maximum absolute atomic E-state index is 12.0. The van der Waals surface area contributed by atoms with Crippen LogP contribution in [0.1, 0.15) is 22.3 Å². The van der Waals surface area contributed by atoms with E-state index in [1.165, 1.54) is 0 Å². The van der Waals surface area contributed by atoms with E-state index in [1.807, 2.05) is 48.5 Å². The van der Waals surface area contributed by atoms with Crippen molar-refractivity contribution in [2.45, 2.75) is 6.42 Å². The fourth-order valence-corrected chi connectivity index (χ4v) is 2.17. The van der Waals surface area contributed by atoms with E-state index in [9.17, 15) is 4.79 Å². The number of fused-ring (bicyclic) bond motifs is 1. The zero-order valence-electron chi connectivity index (χ0n) is 12.5. The normalized spacial score (nSPS) is 9.91. The molecule has 0 aliphatic carbocycles. The quantitative estimate of drug-likeness (QED) is 0.419. The van der Waals surface area contributed by atoms with Gasteiger partial charge in [0.1, 0.15) is 6.61 Å². The fraction of sp³-hybridized carbons (Fsp3) is 0.100. The van der Waals surface area contributed by atoms with Gasteiger partial charge in [0.2, 0.25) is 0 Å². The number of nitrogens with zero attached hydrogens (tertiary/aromatic N) is 1. The van der Waals surface area contributed by atoms with Crippen molar-refractivity contribution < 1.29 is 9.53 Å². The van der Waals surface area contributed by atoms with Crippen LogP contribution < -0.4 is 0 Å². The van der Waals surface area contributed by atoms with Crippen molar-refractivity contribution >= 4 is 16.9 Å². The molecule has 0 aliphatic rings. The number of hydrogen-bond acceptors (Lipinski definition) is 3. The van der Waals surface area contributed by atoms with Gasteiger partial charge in [-0.15, -0.1) is 0 Å². The Kier molecular flexibility index (Phi) is 4.66. The summed E-state index contributed by atoms with van der Waals surface area (Å²) in [5.41, 5.74) is 2.35. The molecular weight excluding hydrogens is 286 g/mol. The number of hydrogen-bond donors (Lipinski definition) is 0. The Hall–Kier alpha value is -3.12. The van der Waals surface area contributed by atoms with Crippen LogP contribution in [0.5, 0.6) is 0 Å². The van der Waals surface area contributed by atoms with Crippen molar-refractivity contribution in [2.24, 2.45) is 0 Å². The van der Waals surface area contributed by atoms with E-state index >= 15 is 0 Å². The van der Waals surface area contributed by atoms with Crippen molar-refractivity contribution in [1.82, 2.24) is 4.98 Å². The molecule has 3 aromatic rings. The number of pyridine rings is 1. The van der Waals surface area contributed by atoms with Crippen LogP contribution in [0.25, 0.3) is 10.9 Å². The molecule has 0 unspecified atom stereocenters. The second-order valence-electron chi connectivity index (χ2n) is 4.96. The third kappa shape index (κ3) is 3.96. The SMILES string of the molecule is O=C(OCCC#Cc1ccccc1)c1ccc2ncccc2c1. The molecule has 0 amide bonds. The zero-order chi connectivity index (χ0) is 15.9. The summed E-state index contributed by atoms with van der Waals surface area (Å²) in [5.74, 6) is 5.70. The van der Waals surface area contributed by atoms with Gasteiger partial charge in [0.05, 0.1) is 11.1 Å². The van der Waals surface area contributed by atoms with Crippen molar-refractivity contribution in [2.75, 3.05) is 6.61 Å². The Bertz CT molecular complexity index is 876. The van der Waals surface area contributed by atoms with Crippen LogP contribution >= 0.6 is 0 Å². The fourth-order valence-electron chi connectivity index (χ4n) is 2.17. The molecule has 2 aromatic carbocycles. The molecule has 0 spiro atoms. The lowest BCUT2D eigenvalue weighted by Gasteiger charge is -2.03. The second kappa shape index (κ2) is 7.24. The van der Waals surface area contributed by atoms with E-state index in [4.69, 9.17) is 4.74 Å². The monoisotopic (exact) mass is 301 g/mol. The molecule has 0 aliphatic heterocycles. The Balaban J connectivity index is 1.55. The molecule has 1 heterocycles. The Morgan fingerprint density at radius 3 is 2.78 bits per heavy atom. The number of rotatable bonds is 3. The van der Waals surface area contributed by atoms with Crippen LogP contribution in [-0.4, -0.2) is 17.6 Å². The van der Waals surface area contributed by atoms with Crippen LogP contribution in [0.4, 0.5) is 0 Å². The summed E-state index contributed by atoms with van der Waals surface area (Å²) >= 11 is 0. The lowest BCUT2D eigenvalue weighted by atomic mass is 10.1. The summed E-state index contributed by atoms with van der Waals surface area (Å²) < 4.78 is 5.25. The summed E-state index contributed by atoms with van der Waals surface area (Å²) in [7, 11) is 0. The molecule has 3 heteroatoms. The molecule has 112 valence electrons. The average Bonchev–Trinajstić information content (AvgIpc) is 2.61. The van der Waals surface area contributed by atoms with Gasteiger partial charge in [0.25, 0.3) is 0 Å². The Morgan fingerprint density at radius 2 is 1.91 bits per heavy atom. The molecule has 3 nitrogen and oxygen atoms in total. The molecule has 3 rings (SSSR count). The first-order valence-electron chi connectivity index (χ1n) is 7.39. The third-order valence-corrected chi connectivity index (χ3v) is 3.31. The molecular formula is C20H15NO2. The number of ether oxygens (including phenoxy) is 1. The number of benzene rings is 2. The van der Waals surface area contributed by atoms with Crippen molar-refractivity contribution in [1.29, 1.82) is 0 Å². The number of esters is 1. The number of carbonyl (C=O) groups is 1. The molecule has 0 bridgehead atoms. The predicted molar refractivity (Wildman–Crippen MR) is 90.0 cm³/mol. The number of carbonyl (C=O) groups excluding carboxylic acids is 1. The summed E-state index contributed by atoms with van der Waals surface area (Å²) in [5, 5.41) is 0.922. The molecule has 0 saturated carbocycles. The van der Waals surface area contributed by atoms with Gasteiger partial charge in [-0.3, -0.25) is 4.98 Å². The topological polar surface area (TPSA) is 39.2 Å². The largest absolute Gasteiger partial charge is 0.461 e. The van der Waals surface area contributed by atoms with Crippen LogP contribution in [0, 0.1) is 11.8 Å². The molecule has 0 radical (unpaired) electrons. The second-order valence-corrected chi connectivity index (χ2v) is 4.96. The van der Waals surface area contributed by atoms with Crippen molar-refractivity contribution in [3.63, 3.8) is 0 Å². The highest BCUT2D eigenvalue weighted by molar-refractivity contribution is 5.94. The van der Waals surface area contributed by atoms with Gasteiger partial charge in [-0.25, -0.2) is 4.79 Å². The standard InChI is InChI=1S/C20H15NO2/c22-20(18-11-12-19-17(15-18)10-6-13-21-19)23-14-5-4-9-16-7-2-1-3-8-16/h1-3,6-8,10-13,15H,5,14H2. The van der Waals surface area contributed by atoms with Crippen LogP contribution in [0.2, 0.25) is 0 Å². The molecule has 0 atom stereocenters. The third-order valence-electron chi connectivity index (χ3n) is 3.31. The van der Waals surface area contributed by atoms with Crippen molar-refractivity contribution in [3.05, 3.63) is 78.0 Å². The Morgan fingerprint density at radius 1 is 1.04 bits per heavy atom. The summed E-state index contributed by atoms with van der Waals surface area (Å²) in [6.07, 6.45) is 2.24. The van der Waals surface area contributed by atoms with Crippen LogP contribution in [-0.2, 0) is 4.74 Å². The van der Waals surface area contributed by atoms with Gasteiger partial charge >= 0.3 is 5.97 Å². The van der Waals surface area contributed by atoms with Crippen LogP contribution in [0.3, 0.4) is 0 Å². The smallest absolute Gasteiger partial charge is 0.338 e. The van der Waals surface area contributed by atoms with E-state index in [1.54, 1.807) is 18.3 Å². The first-order chi connectivity index (χ1) is 11.3. The lowest BCUT2D eigenvalue weighted by Crippen LogP contribution is -2.06. The van der Waals surface area contributed by atoms with Gasteiger partial charge in [-0.05, 0) is 36.4 Å². The molecule has 23 heavy (non-hydrogen) atoms. The van der Waals surface area contributed by atoms with Gasteiger partial charge in [-0.2, -0.15) is 0 Å². The summed E-state index contributed by atoms with van der Waals surface area (Å²) in [4.78, 5) is 16.3. The highest BCUT2D eigenvalue weighted by Crippen LogP contribution is 2.14. The highest BCUT2D eigenvalue weighted by Gasteiger charge is 2.07. The first-order valence-corrected chi connectivity index (χ1v) is 7.39. The maximum Gasteiger partial charge on any atom is 0.338 e. The molecule has 0 N–H and O–H groups in total. The Labute approximate surface area is 134 Å². The minimum atomic E-state index is -0.336. The van der Waals surface area contributed by atoms with Gasteiger partial charge in [0.15, 0.2) is 0 Å². The van der Waals surface area contributed by atoms with Crippen molar-refractivity contribution in [3.8, 4) is 11.8 Å². The molecule has 0 fully saturated rings. The predicted octanol–water partition coefficient (Wildman–Crippen LogP) is 3.83. The summed E-state index contributed by atoms with van der Waals surface area (Å²) in [6.45, 7) is 0.281. The minimum Gasteiger partial charge on any atom is -0.461 e. The lowest BCUT2D eigenvalue weighted by molar-refractivity contribution is 0.0514. The van der Waals surface area contributed by atoms with E-state index in [2.05, 4.69) is 16.8 Å². The molecule has 1 aromatic heterocycles. The first kappa shape index (κ1) is 14.8. The molecule has 0 saturated heterocycles. The van der Waals surface area contributed by atoms with Crippen LogP contribution in [0.15, 0.2) is 66.9 Å². The summed E-state index contributed by atoms with van der Waals surface area (Å²) in [6, 6.07) is 18.8. The van der Waals surface area contributed by atoms with E-state index in [0.717, 1.165) is 16.5 Å². The highest BCUT2D eigenvalue weighted by atomic mass is 16.5. The van der Waals surface area contributed by atoms with Gasteiger partial charge < -0.3 is 4.74 Å². The van der Waals surface area contributed by atoms with E-state index < -0.39 is 0 Å². The van der Waals surface area contributed by atoms with E-state index in [-0.39, 0.29) is 12.6 Å². The maximum atomic E-state index is 12.0. The van der Waals surface area contributed by atoms with Gasteiger partial charge in [-0.1, -0.05) is 36.1 Å². The number of aromatic nitrogens is 1.